The van der Waals surface area contributed by atoms with E-state index in [9.17, 15) is 4.39 Å². The van der Waals surface area contributed by atoms with Gasteiger partial charge in [-0.2, -0.15) is 0 Å². The van der Waals surface area contributed by atoms with Crippen LogP contribution in [0, 0.1) is 11.7 Å². The monoisotopic (exact) mass is 233 g/mol. The van der Waals surface area contributed by atoms with E-state index in [-0.39, 0.29) is 5.82 Å². The van der Waals surface area contributed by atoms with E-state index in [1.165, 1.54) is 44.1 Å². The summed E-state index contributed by atoms with van der Waals surface area (Å²) in [6.07, 6.45) is 8.19. The zero-order chi connectivity index (χ0) is 11.7. The fourth-order valence-electron chi connectivity index (χ4n) is 3.37. The lowest BCUT2D eigenvalue weighted by Gasteiger charge is -2.13. The van der Waals surface area contributed by atoms with E-state index in [4.69, 9.17) is 0 Å². The van der Waals surface area contributed by atoms with Gasteiger partial charge in [0.2, 0.25) is 0 Å². The highest BCUT2D eigenvalue weighted by molar-refractivity contribution is 5.57. The molecule has 1 fully saturated rings. The van der Waals surface area contributed by atoms with Crippen molar-refractivity contribution in [2.45, 2.75) is 44.4 Å². The lowest BCUT2D eigenvalue weighted by molar-refractivity contribution is 0.459. The second-order valence-corrected chi connectivity index (χ2v) is 5.54. The Morgan fingerprint density at radius 2 is 2.00 bits per heavy atom. The number of nitrogens with one attached hydrogen (secondary N) is 1. The van der Waals surface area contributed by atoms with Gasteiger partial charge in [-0.15, -0.1) is 0 Å². The minimum Gasteiger partial charge on any atom is -0.384 e. The fourth-order valence-corrected chi connectivity index (χ4v) is 3.37. The first kappa shape index (κ1) is 11.1. The Balaban J connectivity index is 1.64. The van der Waals surface area contributed by atoms with E-state index in [0.717, 1.165) is 18.2 Å². The molecule has 92 valence electrons. The topological polar surface area (TPSA) is 12.0 Å². The minimum absolute atomic E-state index is 0.0988. The fraction of sp³-hybridized carbons (Fsp3) is 0.600. The van der Waals surface area contributed by atoms with Crippen molar-refractivity contribution in [1.29, 1.82) is 0 Å². The van der Waals surface area contributed by atoms with Crippen LogP contribution in [0.2, 0.25) is 0 Å². The van der Waals surface area contributed by atoms with Crippen LogP contribution < -0.4 is 5.32 Å². The minimum atomic E-state index is -0.0988. The second kappa shape index (κ2) is 4.67. The van der Waals surface area contributed by atoms with Gasteiger partial charge in [0.15, 0.2) is 0 Å². The van der Waals surface area contributed by atoms with Crippen LogP contribution in [0.5, 0.6) is 0 Å². The summed E-state index contributed by atoms with van der Waals surface area (Å²) in [5, 5.41) is 3.39. The zero-order valence-electron chi connectivity index (χ0n) is 10.2. The summed E-state index contributed by atoms with van der Waals surface area (Å²) in [6, 6.07) is 5.14. The molecule has 0 saturated heterocycles. The van der Waals surface area contributed by atoms with Crippen molar-refractivity contribution in [3.63, 3.8) is 0 Å². The smallest absolute Gasteiger partial charge is 0.123 e. The number of hydrogen-bond donors (Lipinski definition) is 1. The Morgan fingerprint density at radius 3 is 2.82 bits per heavy atom. The summed E-state index contributed by atoms with van der Waals surface area (Å²) in [6.45, 7) is 0.992. The second-order valence-electron chi connectivity index (χ2n) is 5.54. The highest BCUT2D eigenvalue weighted by atomic mass is 19.1. The van der Waals surface area contributed by atoms with Crippen molar-refractivity contribution in [3.05, 3.63) is 29.6 Å². The van der Waals surface area contributed by atoms with Crippen molar-refractivity contribution in [3.8, 4) is 0 Å². The van der Waals surface area contributed by atoms with Crippen LogP contribution in [0.4, 0.5) is 10.1 Å². The first-order chi connectivity index (χ1) is 8.33. The molecule has 0 radical (unpaired) electrons. The maximum atomic E-state index is 13.2. The molecule has 17 heavy (non-hydrogen) atoms. The van der Waals surface area contributed by atoms with Gasteiger partial charge in [-0.25, -0.2) is 4.39 Å². The number of anilines is 1. The van der Waals surface area contributed by atoms with Gasteiger partial charge in [0.1, 0.15) is 5.82 Å². The predicted octanol–water partition coefficient (Wildman–Crippen LogP) is 4.31. The van der Waals surface area contributed by atoms with E-state index in [0.29, 0.717) is 5.92 Å². The van der Waals surface area contributed by atoms with E-state index in [2.05, 4.69) is 5.32 Å². The molecule has 0 spiro atoms. The van der Waals surface area contributed by atoms with Gasteiger partial charge in [-0.05, 0) is 42.5 Å². The highest BCUT2D eigenvalue weighted by Gasteiger charge is 2.24. The molecule has 0 amide bonds. The average molecular weight is 233 g/mol. The number of hydrogen-bond acceptors (Lipinski definition) is 1. The normalized spacial score (nSPS) is 23.7. The van der Waals surface area contributed by atoms with Crippen LogP contribution in [0.3, 0.4) is 0 Å². The Hall–Kier alpha value is -1.05. The summed E-state index contributed by atoms with van der Waals surface area (Å²) >= 11 is 0. The molecule has 3 rings (SSSR count). The average Bonchev–Trinajstić information content (AvgIpc) is 2.94. The van der Waals surface area contributed by atoms with Gasteiger partial charge in [0.25, 0.3) is 0 Å². The van der Waals surface area contributed by atoms with Gasteiger partial charge in [-0.3, -0.25) is 0 Å². The molecule has 2 heteroatoms. The van der Waals surface area contributed by atoms with Gasteiger partial charge < -0.3 is 5.32 Å². The number of benzene rings is 1. The molecule has 0 aromatic heterocycles. The molecule has 1 saturated carbocycles. The third-order valence-electron chi connectivity index (χ3n) is 4.39. The van der Waals surface area contributed by atoms with Crippen LogP contribution in [-0.2, 0) is 0 Å². The van der Waals surface area contributed by atoms with Crippen molar-refractivity contribution < 1.29 is 4.39 Å². The molecule has 1 aliphatic carbocycles. The molecule has 1 aromatic carbocycles. The summed E-state index contributed by atoms with van der Waals surface area (Å²) in [4.78, 5) is 0. The molecule has 2 aliphatic rings. The van der Waals surface area contributed by atoms with E-state index >= 15 is 0 Å². The molecule has 1 aliphatic heterocycles. The molecule has 1 nitrogen and oxygen atoms in total. The number of fused-ring (bicyclic) bond motifs is 1. The molecule has 1 heterocycles. The molecule has 1 aromatic rings. The van der Waals surface area contributed by atoms with Gasteiger partial charge >= 0.3 is 0 Å². The zero-order valence-corrected chi connectivity index (χ0v) is 10.2. The van der Waals surface area contributed by atoms with Crippen LogP contribution in [0.15, 0.2) is 18.2 Å². The van der Waals surface area contributed by atoms with Crippen LogP contribution in [-0.4, -0.2) is 6.54 Å². The summed E-state index contributed by atoms with van der Waals surface area (Å²) in [5.74, 6) is 1.37. The van der Waals surface area contributed by atoms with Gasteiger partial charge in [-0.1, -0.05) is 25.7 Å². The third-order valence-corrected chi connectivity index (χ3v) is 4.39. The molecule has 1 N–H and O–H groups in total. The SMILES string of the molecule is Fc1ccc2c(c1)C(CCC1CCCC1)CN2. The Labute approximate surface area is 102 Å². The van der Waals surface area contributed by atoms with E-state index < -0.39 is 0 Å². The Kier molecular flexibility index (Phi) is 3.04. The lowest BCUT2D eigenvalue weighted by Crippen LogP contribution is -2.04. The first-order valence-electron chi connectivity index (χ1n) is 6.86. The standard InChI is InChI=1S/C15H20FN/c16-13-7-8-15-14(9-13)12(10-17-15)6-5-11-3-1-2-4-11/h7-9,11-12,17H,1-6,10H2. The molecule has 1 atom stereocenters. The molecule has 1 unspecified atom stereocenters. The van der Waals surface area contributed by atoms with E-state index in [1.54, 1.807) is 12.1 Å². The van der Waals surface area contributed by atoms with Gasteiger partial charge in [0, 0.05) is 18.2 Å². The van der Waals surface area contributed by atoms with Gasteiger partial charge in [0.05, 0.1) is 0 Å². The molecule has 0 bridgehead atoms. The van der Waals surface area contributed by atoms with Crippen LogP contribution in [0.1, 0.15) is 50.0 Å². The molecular weight excluding hydrogens is 213 g/mol. The maximum Gasteiger partial charge on any atom is 0.123 e. The summed E-state index contributed by atoms with van der Waals surface area (Å²) in [5.41, 5.74) is 2.34. The molecular formula is C15H20FN. The quantitative estimate of drug-likeness (QED) is 0.820. The maximum absolute atomic E-state index is 13.2. The number of rotatable bonds is 3. The third kappa shape index (κ3) is 2.31. The number of halogens is 1. The summed E-state index contributed by atoms with van der Waals surface area (Å²) in [7, 11) is 0. The predicted molar refractivity (Wildman–Crippen MR) is 68.8 cm³/mol. The van der Waals surface area contributed by atoms with Crippen LogP contribution in [0.25, 0.3) is 0 Å². The van der Waals surface area contributed by atoms with Crippen molar-refractivity contribution >= 4 is 5.69 Å². The van der Waals surface area contributed by atoms with Crippen molar-refractivity contribution in [2.24, 2.45) is 5.92 Å². The first-order valence-corrected chi connectivity index (χ1v) is 6.86. The van der Waals surface area contributed by atoms with Crippen molar-refractivity contribution in [2.75, 3.05) is 11.9 Å². The van der Waals surface area contributed by atoms with Crippen LogP contribution >= 0.6 is 0 Å². The van der Waals surface area contributed by atoms with Crippen molar-refractivity contribution in [1.82, 2.24) is 0 Å². The highest BCUT2D eigenvalue weighted by Crippen LogP contribution is 2.37. The lowest BCUT2D eigenvalue weighted by atomic mass is 9.91. The summed E-state index contributed by atoms with van der Waals surface area (Å²) < 4.78 is 13.2. The largest absolute Gasteiger partial charge is 0.384 e. The Morgan fingerprint density at radius 1 is 1.18 bits per heavy atom. The Bertz CT molecular complexity index is 396. The van der Waals surface area contributed by atoms with E-state index in [1.807, 2.05) is 6.07 Å².